The van der Waals surface area contributed by atoms with Gasteiger partial charge in [-0.15, -0.1) is 0 Å². The van der Waals surface area contributed by atoms with Crippen molar-refractivity contribution in [3.63, 3.8) is 0 Å². The standard InChI is InChI=1S/C11H15FN2O2/c1-7(11(13)15)14-6-8-3-4-10(16-2)9(12)5-8/h3-5,7,14H,6H2,1-2H3,(H2,13,15). The summed E-state index contributed by atoms with van der Waals surface area (Å²) in [6, 6.07) is 4.19. The highest BCUT2D eigenvalue weighted by Crippen LogP contribution is 2.17. The van der Waals surface area contributed by atoms with Gasteiger partial charge in [0.05, 0.1) is 13.2 Å². The predicted octanol–water partition coefficient (Wildman–Crippen LogP) is 0.798. The number of benzene rings is 1. The third kappa shape index (κ3) is 3.20. The van der Waals surface area contributed by atoms with Crippen molar-refractivity contribution in [2.75, 3.05) is 7.11 Å². The molecule has 16 heavy (non-hydrogen) atoms. The molecule has 1 aromatic rings. The van der Waals surface area contributed by atoms with Crippen molar-refractivity contribution in [3.8, 4) is 5.75 Å². The van der Waals surface area contributed by atoms with Gasteiger partial charge < -0.3 is 15.8 Å². The van der Waals surface area contributed by atoms with Gasteiger partial charge in [0, 0.05) is 6.54 Å². The molecule has 0 aliphatic carbocycles. The summed E-state index contributed by atoms with van der Waals surface area (Å²) in [6.45, 7) is 2.03. The fraction of sp³-hybridized carbons (Fsp3) is 0.364. The zero-order chi connectivity index (χ0) is 12.1. The summed E-state index contributed by atoms with van der Waals surface area (Å²) in [5.41, 5.74) is 5.81. The summed E-state index contributed by atoms with van der Waals surface area (Å²) >= 11 is 0. The van der Waals surface area contributed by atoms with Crippen molar-refractivity contribution in [2.45, 2.75) is 19.5 Å². The lowest BCUT2D eigenvalue weighted by Gasteiger charge is -2.10. The molecule has 3 N–H and O–H groups in total. The first-order chi connectivity index (χ1) is 7.54. The van der Waals surface area contributed by atoms with E-state index in [1.165, 1.54) is 13.2 Å². The van der Waals surface area contributed by atoms with Gasteiger partial charge in [0.1, 0.15) is 0 Å². The van der Waals surface area contributed by atoms with Gasteiger partial charge in [0.25, 0.3) is 0 Å². The minimum Gasteiger partial charge on any atom is -0.494 e. The van der Waals surface area contributed by atoms with Crippen LogP contribution in [0, 0.1) is 5.82 Å². The van der Waals surface area contributed by atoms with Crippen molar-refractivity contribution in [3.05, 3.63) is 29.6 Å². The van der Waals surface area contributed by atoms with Crippen LogP contribution in [0.3, 0.4) is 0 Å². The Morgan fingerprint density at radius 3 is 2.81 bits per heavy atom. The van der Waals surface area contributed by atoms with Gasteiger partial charge in [-0.1, -0.05) is 6.07 Å². The molecule has 88 valence electrons. The molecule has 4 nitrogen and oxygen atoms in total. The largest absolute Gasteiger partial charge is 0.494 e. The van der Waals surface area contributed by atoms with Gasteiger partial charge in [0.15, 0.2) is 11.6 Å². The van der Waals surface area contributed by atoms with Crippen LogP contribution in [0.2, 0.25) is 0 Å². The first-order valence-electron chi connectivity index (χ1n) is 4.89. The van der Waals surface area contributed by atoms with Crippen LogP contribution in [0.4, 0.5) is 4.39 Å². The summed E-state index contributed by atoms with van der Waals surface area (Å²) in [7, 11) is 1.41. The average Bonchev–Trinajstić information content (AvgIpc) is 2.25. The second-order valence-electron chi connectivity index (χ2n) is 3.47. The van der Waals surface area contributed by atoms with Gasteiger partial charge >= 0.3 is 0 Å². The lowest BCUT2D eigenvalue weighted by molar-refractivity contribution is -0.119. The van der Waals surface area contributed by atoms with Crippen LogP contribution < -0.4 is 15.8 Å². The SMILES string of the molecule is COc1ccc(CNC(C)C(N)=O)cc1F. The first kappa shape index (κ1) is 12.4. The third-order valence-corrected chi connectivity index (χ3v) is 2.26. The number of halogens is 1. The van der Waals surface area contributed by atoms with E-state index in [1.807, 2.05) is 0 Å². The number of nitrogens with two attached hydrogens (primary N) is 1. The van der Waals surface area contributed by atoms with Crippen LogP contribution >= 0.6 is 0 Å². The molecular weight excluding hydrogens is 211 g/mol. The normalized spacial score (nSPS) is 12.2. The molecule has 1 amide bonds. The van der Waals surface area contributed by atoms with Gasteiger partial charge in [-0.2, -0.15) is 0 Å². The minimum atomic E-state index is -0.440. The molecule has 1 atom stereocenters. The molecule has 1 rings (SSSR count). The highest BCUT2D eigenvalue weighted by atomic mass is 19.1. The zero-order valence-corrected chi connectivity index (χ0v) is 9.29. The Morgan fingerprint density at radius 1 is 1.62 bits per heavy atom. The summed E-state index contributed by atoms with van der Waals surface area (Å²) in [4.78, 5) is 10.8. The fourth-order valence-electron chi connectivity index (χ4n) is 1.19. The second kappa shape index (κ2) is 5.46. The van der Waals surface area contributed by atoms with E-state index < -0.39 is 17.8 Å². The molecule has 0 bridgehead atoms. The summed E-state index contributed by atoms with van der Waals surface area (Å²) in [6.07, 6.45) is 0. The average molecular weight is 226 g/mol. The molecule has 0 saturated carbocycles. The predicted molar refractivity (Wildman–Crippen MR) is 58.4 cm³/mol. The monoisotopic (exact) mass is 226 g/mol. The van der Waals surface area contributed by atoms with Crippen LogP contribution in [-0.4, -0.2) is 19.1 Å². The number of amides is 1. The second-order valence-corrected chi connectivity index (χ2v) is 3.47. The molecule has 0 saturated heterocycles. The number of ether oxygens (including phenoxy) is 1. The van der Waals surface area contributed by atoms with E-state index in [2.05, 4.69) is 5.32 Å². The Hall–Kier alpha value is -1.62. The first-order valence-corrected chi connectivity index (χ1v) is 4.89. The van der Waals surface area contributed by atoms with Crippen LogP contribution in [0.1, 0.15) is 12.5 Å². The third-order valence-electron chi connectivity index (χ3n) is 2.26. The van der Waals surface area contributed by atoms with Gasteiger partial charge in [0.2, 0.25) is 5.91 Å². The Balaban J connectivity index is 2.62. The number of carbonyl (C=O) groups is 1. The van der Waals surface area contributed by atoms with E-state index in [1.54, 1.807) is 19.1 Å². The number of carbonyl (C=O) groups excluding carboxylic acids is 1. The van der Waals surface area contributed by atoms with E-state index in [0.29, 0.717) is 6.54 Å². The highest BCUT2D eigenvalue weighted by Gasteiger charge is 2.08. The molecule has 1 aromatic carbocycles. The molecular formula is C11H15FN2O2. The molecule has 0 heterocycles. The number of nitrogens with one attached hydrogen (secondary N) is 1. The van der Waals surface area contributed by atoms with Gasteiger partial charge in [-0.05, 0) is 24.6 Å². The zero-order valence-electron chi connectivity index (χ0n) is 9.29. The Labute approximate surface area is 93.6 Å². The van der Waals surface area contributed by atoms with Crippen molar-refractivity contribution in [1.82, 2.24) is 5.32 Å². The quantitative estimate of drug-likeness (QED) is 0.780. The van der Waals surface area contributed by atoms with Gasteiger partial charge in [-0.3, -0.25) is 4.79 Å². The van der Waals surface area contributed by atoms with E-state index in [-0.39, 0.29) is 5.75 Å². The Kier molecular flexibility index (Phi) is 4.25. The molecule has 0 spiro atoms. The van der Waals surface area contributed by atoms with Crippen LogP contribution in [0.25, 0.3) is 0 Å². The maximum atomic E-state index is 13.3. The van der Waals surface area contributed by atoms with Gasteiger partial charge in [-0.25, -0.2) is 4.39 Å². The fourth-order valence-corrected chi connectivity index (χ4v) is 1.19. The smallest absolute Gasteiger partial charge is 0.234 e. The van der Waals surface area contributed by atoms with Crippen molar-refractivity contribution >= 4 is 5.91 Å². The summed E-state index contributed by atoms with van der Waals surface area (Å²) in [5.74, 6) is -0.658. The molecule has 0 fully saturated rings. The Morgan fingerprint density at radius 2 is 2.31 bits per heavy atom. The van der Waals surface area contributed by atoms with Crippen LogP contribution in [0.5, 0.6) is 5.75 Å². The van der Waals surface area contributed by atoms with E-state index in [9.17, 15) is 9.18 Å². The number of hydrogen-bond donors (Lipinski definition) is 2. The van der Waals surface area contributed by atoms with E-state index >= 15 is 0 Å². The maximum absolute atomic E-state index is 13.3. The number of hydrogen-bond acceptors (Lipinski definition) is 3. The van der Waals surface area contributed by atoms with Crippen LogP contribution in [-0.2, 0) is 11.3 Å². The molecule has 5 heteroatoms. The van der Waals surface area contributed by atoms with Crippen molar-refractivity contribution in [2.24, 2.45) is 5.73 Å². The Bertz CT molecular complexity index is 382. The molecule has 0 aromatic heterocycles. The highest BCUT2D eigenvalue weighted by molar-refractivity contribution is 5.79. The number of methoxy groups -OCH3 is 1. The molecule has 0 aliphatic rings. The van der Waals surface area contributed by atoms with E-state index in [0.717, 1.165) is 5.56 Å². The maximum Gasteiger partial charge on any atom is 0.234 e. The topological polar surface area (TPSA) is 64.3 Å². The number of primary amides is 1. The van der Waals surface area contributed by atoms with Crippen molar-refractivity contribution < 1.29 is 13.9 Å². The van der Waals surface area contributed by atoms with E-state index in [4.69, 9.17) is 10.5 Å². The summed E-state index contributed by atoms with van der Waals surface area (Å²) in [5, 5.41) is 2.88. The number of rotatable bonds is 5. The minimum absolute atomic E-state index is 0.201. The van der Waals surface area contributed by atoms with Crippen LogP contribution in [0.15, 0.2) is 18.2 Å². The molecule has 1 unspecified atom stereocenters. The lowest BCUT2D eigenvalue weighted by Crippen LogP contribution is -2.38. The lowest BCUT2D eigenvalue weighted by atomic mass is 10.2. The molecule has 0 radical (unpaired) electrons. The molecule has 0 aliphatic heterocycles. The van der Waals surface area contributed by atoms with Crippen molar-refractivity contribution in [1.29, 1.82) is 0 Å². The summed E-state index contributed by atoms with van der Waals surface area (Å²) < 4.78 is 18.1.